The van der Waals surface area contributed by atoms with Crippen LogP contribution in [0.15, 0.2) is 24.5 Å². The van der Waals surface area contributed by atoms with Crippen molar-refractivity contribution in [2.75, 3.05) is 13.7 Å². The van der Waals surface area contributed by atoms with Gasteiger partial charge in [-0.3, -0.25) is 0 Å². The number of hydrogen-bond acceptors (Lipinski definition) is 2. The third kappa shape index (κ3) is 2.96. The van der Waals surface area contributed by atoms with Crippen LogP contribution in [0, 0.1) is 0 Å². The van der Waals surface area contributed by atoms with Crippen molar-refractivity contribution in [3.8, 4) is 5.75 Å². The summed E-state index contributed by atoms with van der Waals surface area (Å²) < 4.78 is 10.1. The smallest absolute Gasteiger partial charge is 0.137 e. The average Bonchev–Trinajstić information content (AvgIpc) is 2.19. The SMILES string of the molecule is CCOc1ccc(/C=C/OC)cc1Cl. The predicted molar refractivity (Wildman–Crippen MR) is 58.7 cm³/mol. The van der Waals surface area contributed by atoms with Crippen LogP contribution in [0.4, 0.5) is 0 Å². The lowest BCUT2D eigenvalue weighted by Gasteiger charge is -2.05. The molecule has 0 radical (unpaired) electrons. The monoisotopic (exact) mass is 212 g/mol. The summed E-state index contributed by atoms with van der Waals surface area (Å²) in [6.45, 7) is 2.54. The third-order valence-electron chi connectivity index (χ3n) is 1.65. The summed E-state index contributed by atoms with van der Waals surface area (Å²) in [5.41, 5.74) is 0.986. The van der Waals surface area contributed by atoms with Crippen LogP contribution in [-0.4, -0.2) is 13.7 Å². The minimum absolute atomic E-state index is 0.616. The van der Waals surface area contributed by atoms with Gasteiger partial charge in [-0.05, 0) is 30.7 Å². The minimum Gasteiger partial charge on any atom is -0.504 e. The first-order chi connectivity index (χ1) is 6.77. The number of methoxy groups -OCH3 is 1. The molecule has 1 aromatic carbocycles. The molecule has 3 heteroatoms. The first kappa shape index (κ1) is 10.9. The molecule has 0 saturated carbocycles. The summed E-state index contributed by atoms with van der Waals surface area (Å²) in [7, 11) is 1.60. The zero-order valence-corrected chi connectivity index (χ0v) is 9.04. The molecule has 0 heterocycles. The van der Waals surface area contributed by atoms with Crippen LogP contribution in [-0.2, 0) is 4.74 Å². The van der Waals surface area contributed by atoms with E-state index in [0.29, 0.717) is 17.4 Å². The van der Waals surface area contributed by atoms with Crippen LogP contribution in [0.25, 0.3) is 6.08 Å². The van der Waals surface area contributed by atoms with E-state index in [2.05, 4.69) is 0 Å². The normalized spacial score (nSPS) is 10.5. The lowest BCUT2D eigenvalue weighted by molar-refractivity contribution is 0.340. The van der Waals surface area contributed by atoms with Crippen LogP contribution in [0.3, 0.4) is 0 Å². The number of rotatable bonds is 4. The van der Waals surface area contributed by atoms with Crippen molar-refractivity contribution in [3.63, 3.8) is 0 Å². The van der Waals surface area contributed by atoms with Crippen LogP contribution in [0.1, 0.15) is 12.5 Å². The van der Waals surface area contributed by atoms with E-state index in [4.69, 9.17) is 21.1 Å². The van der Waals surface area contributed by atoms with E-state index >= 15 is 0 Å². The summed E-state index contributed by atoms with van der Waals surface area (Å²) in [5, 5.41) is 0.616. The minimum atomic E-state index is 0.616. The van der Waals surface area contributed by atoms with Crippen molar-refractivity contribution >= 4 is 17.7 Å². The molecule has 0 aliphatic rings. The number of benzene rings is 1. The second-order valence-corrected chi connectivity index (χ2v) is 3.07. The molecular weight excluding hydrogens is 200 g/mol. The third-order valence-corrected chi connectivity index (χ3v) is 1.95. The van der Waals surface area contributed by atoms with Gasteiger partial charge in [0.2, 0.25) is 0 Å². The quantitative estimate of drug-likeness (QED) is 0.713. The molecular formula is C11H13ClO2. The Bertz CT molecular complexity index is 321. The van der Waals surface area contributed by atoms with Gasteiger partial charge in [0.1, 0.15) is 5.75 Å². The summed E-state index contributed by atoms with van der Waals surface area (Å²) in [5.74, 6) is 0.712. The van der Waals surface area contributed by atoms with Crippen molar-refractivity contribution in [2.45, 2.75) is 6.92 Å². The van der Waals surface area contributed by atoms with E-state index in [-0.39, 0.29) is 0 Å². The van der Waals surface area contributed by atoms with Crippen molar-refractivity contribution in [1.82, 2.24) is 0 Å². The van der Waals surface area contributed by atoms with Gasteiger partial charge in [-0.1, -0.05) is 17.7 Å². The maximum Gasteiger partial charge on any atom is 0.137 e. The van der Waals surface area contributed by atoms with E-state index in [9.17, 15) is 0 Å². The highest BCUT2D eigenvalue weighted by Gasteiger charge is 2.00. The van der Waals surface area contributed by atoms with Crippen LogP contribution < -0.4 is 4.74 Å². The highest BCUT2D eigenvalue weighted by atomic mass is 35.5. The molecule has 0 aromatic heterocycles. The van der Waals surface area contributed by atoms with Gasteiger partial charge >= 0.3 is 0 Å². The Labute approximate surface area is 89.1 Å². The topological polar surface area (TPSA) is 18.5 Å². The van der Waals surface area contributed by atoms with Crippen LogP contribution in [0.5, 0.6) is 5.75 Å². The number of halogens is 1. The standard InChI is InChI=1S/C11H13ClO2/c1-3-14-11-5-4-9(6-7-13-2)8-10(11)12/h4-8H,3H2,1-2H3/b7-6+. The van der Waals surface area contributed by atoms with Gasteiger partial charge in [-0.25, -0.2) is 0 Å². The van der Waals surface area contributed by atoms with Crippen molar-refractivity contribution in [2.24, 2.45) is 0 Å². The molecule has 0 saturated heterocycles. The van der Waals surface area contributed by atoms with E-state index < -0.39 is 0 Å². The predicted octanol–water partition coefficient (Wildman–Crippen LogP) is 3.36. The molecule has 0 bridgehead atoms. The van der Waals surface area contributed by atoms with E-state index in [0.717, 1.165) is 5.56 Å². The Morgan fingerprint density at radius 3 is 2.79 bits per heavy atom. The van der Waals surface area contributed by atoms with Gasteiger partial charge in [0, 0.05) is 0 Å². The Balaban J connectivity index is 2.83. The number of ether oxygens (including phenoxy) is 2. The summed E-state index contributed by atoms with van der Waals surface area (Å²) in [6.07, 6.45) is 3.44. The Kier molecular flexibility index (Phi) is 4.33. The highest BCUT2D eigenvalue weighted by Crippen LogP contribution is 2.25. The summed E-state index contributed by atoms with van der Waals surface area (Å²) in [6, 6.07) is 5.61. The molecule has 14 heavy (non-hydrogen) atoms. The fourth-order valence-electron chi connectivity index (χ4n) is 1.04. The van der Waals surface area contributed by atoms with Gasteiger partial charge in [-0.2, -0.15) is 0 Å². The van der Waals surface area contributed by atoms with Gasteiger partial charge < -0.3 is 9.47 Å². The maximum atomic E-state index is 5.99. The Morgan fingerprint density at radius 2 is 2.21 bits per heavy atom. The van der Waals surface area contributed by atoms with Crippen LogP contribution >= 0.6 is 11.6 Å². The van der Waals surface area contributed by atoms with E-state index in [1.807, 2.05) is 31.2 Å². The highest BCUT2D eigenvalue weighted by molar-refractivity contribution is 6.32. The summed E-state index contributed by atoms with van der Waals surface area (Å²) in [4.78, 5) is 0. The van der Waals surface area contributed by atoms with Gasteiger partial charge in [-0.15, -0.1) is 0 Å². The average molecular weight is 213 g/mol. The zero-order valence-electron chi connectivity index (χ0n) is 8.29. The van der Waals surface area contributed by atoms with Crippen molar-refractivity contribution in [1.29, 1.82) is 0 Å². The molecule has 0 aliphatic carbocycles. The van der Waals surface area contributed by atoms with E-state index in [1.165, 1.54) is 0 Å². The Morgan fingerprint density at radius 1 is 1.43 bits per heavy atom. The largest absolute Gasteiger partial charge is 0.504 e. The lowest BCUT2D eigenvalue weighted by Crippen LogP contribution is -1.91. The molecule has 1 rings (SSSR count). The molecule has 0 aliphatic heterocycles. The lowest BCUT2D eigenvalue weighted by atomic mass is 10.2. The van der Waals surface area contributed by atoms with Gasteiger partial charge in [0.25, 0.3) is 0 Å². The second kappa shape index (κ2) is 5.55. The second-order valence-electron chi connectivity index (χ2n) is 2.66. The molecule has 0 unspecified atom stereocenters. The van der Waals surface area contributed by atoms with Crippen LogP contribution in [0.2, 0.25) is 5.02 Å². The van der Waals surface area contributed by atoms with Gasteiger partial charge in [0.05, 0.1) is 25.0 Å². The van der Waals surface area contributed by atoms with Gasteiger partial charge in [0.15, 0.2) is 0 Å². The van der Waals surface area contributed by atoms with Crippen molar-refractivity contribution in [3.05, 3.63) is 35.0 Å². The first-order valence-corrected chi connectivity index (χ1v) is 4.77. The summed E-state index contributed by atoms with van der Waals surface area (Å²) >= 11 is 5.99. The fraction of sp³-hybridized carbons (Fsp3) is 0.273. The first-order valence-electron chi connectivity index (χ1n) is 4.39. The molecule has 0 amide bonds. The maximum absolute atomic E-state index is 5.99. The number of hydrogen-bond donors (Lipinski definition) is 0. The Hall–Kier alpha value is -1.15. The molecule has 76 valence electrons. The van der Waals surface area contributed by atoms with E-state index in [1.54, 1.807) is 13.4 Å². The molecule has 0 spiro atoms. The molecule has 1 aromatic rings. The molecule has 0 N–H and O–H groups in total. The molecule has 2 nitrogen and oxygen atoms in total. The molecule has 0 fully saturated rings. The fourth-order valence-corrected chi connectivity index (χ4v) is 1.28. The zero-order chi connectivity index (χ0) is 10.4. The molecule has 0 atom stereocenters. The van der Waals surface area contributed by atoms with Crippen molar-refractivity contribution < 1.29 is 9.47 Å².